The van der Waals surface area contributed by atoms with Crippen LogP contribution in [0.15, 0.2) is 96.0 Å². The molecule has 0 saturated carbocycles. The first-order valence-corrected chi connectivity index (χ1v) is 13.0. The topological polar surface area (TPSA) is 32.6 Å². The van der Waals surface area contributed by atoms with Crippen molar-refractivity contribution in [2.24, 2.45) is 10.9 Å². The molecule has 4 rings (SSSR count). The molecule has 3 aromatic carbocycles. The van der Waals surface area contributed by atoms with Crippen molar-refractivity contribution in [1.82, 2.24) is 0 Å². The standard InChI is InChI=1S/C25H27NOPS/c1-20(2)24-26-25(27,19-29-24)18-28(21-12-6-3-7-13-21,22-14-8-4-9-15-22)23-16-10-5-11-17-23/h3-17,20,27H,18-19H2,1-2H3/q+1. The molecule has 0 bridgehead atoms. The number of hydrogen-bond acceptors (Lipinski definition) is 3. The van der Waals surface area contributed by atoms with E-state index in [1.807, 2.05) is 0 Å². The van der Waals surface area contributed by atoms with Crippen LogP contribution < -0.4 is 15.9 Å². The van der Waals surface area contributed by atoms with Crippen molar-refractivity contribution in [3.05, 3.63) is 91.0 Å². The Morgan fingerprint density at radius 2 is 1.24 bits per heavy atom. The number of aliphatic hydroxyl groups is 1. The van der Waals surface area contributed by atoms with Gasteiger partial charge in [0.05, 0.1) is 10.8 Å². The van der Waals surface area contributed by atoms with E-state index < -0.39 is 13.0 Å². The predicted octanol–water partition coefficient (Wildman–Crippen LogP) is 4.47. The molecule has 0 spiro atoms. The number of nitrogens with zero attached hydrogens (tertiary/aromatic N) is 1. The first-order chi connectivity index (χ1) is 14.0. The van der Waals surface area contributed by atoms with Crippen molar-refractivity contribution in [2.45, 2.75) is 19.6 Å². The lowest BCUT2D eigenvalue weighted by molar-refractivity contribution is 0.102. The Morgan fingerprint density at radius 3 is 1.59 bits per heavy atom. The lowest BCUT2D eigenvalue weighted by Gasteiger charge is -2.32. The van der Waals surface area contributed by atoms with Crippen LogP contribution in [0.5, 0.6) is 0 Å². The normalized spacial score (nSPS) is 19.4. The fraction of sp³-hybridized carbons (Fsp3) is 0.240. The van der Waals surface area contributed by atoms with Gasteiger partial charge in [0.1, 0.15) is 29.3 Å². The summed E-state index contributed by atoms with van der Waals surface area (Å²) in [6, 6.07) is 32.1. The summed E-state index contributed by atoms with van der Waals surface area (Å²) in [5.74, 6) is 0.960. The van der Waals surface area contributed by atoms with E-state index in [4.69, 9.17) is 4.99 Å². The Balaban J connectivity index is 1.94. The first kappa shape index (κ1) is 20.3. The molecule has 3 aromatic rings. The monoisotopic (exact) mass is 420 g/mol. The minimum Gasteiger partial charge on any atom is -0.366 e. The van der Waals surface area contributed by atoms with Gasteiger partial charge in [0.15, 0.2) is 0 Å². The van der Waals surface area contributed by atoms with Gasteiger partial charge in [-0.1, -0.05) is 68.4 Å². The molecular formula is C25H27NOPS+. The molecule has 0 saturated heterocycles. The summed E-state index contributed by atoms with van der Waals surface area (Å²) < 4.78 is 0. The number of hydrogen-bond donors (Lipinski definition) is 1. The van der Waals surface area contributed by atoms with Gasteiger partial charge in [-0.3, -0.25) is 0 Å². The number of aliphatic imine (C=N–C) groups is 1. The lowest BCUT2D eigenvalue weighted by Crippen LogP contribution is -2.43. The molecule has 0 aliphatic carbocycles. The van der Waals surface area contributed by atoms with Crippen LogP contribution in [0.2, 0.25) is 0 Å². The number of benzene rings is 3. The fourth-order valence-corrected chi connectivity index (χ4v) is 9.68. The molecule has 1 atom stereocenters. The molecule has 1 N–H and O–H groups in total. The van der Waals surface area contributed by atoms with Crippen molar-refractivity contribution in [1.29, 1.82) is 0 Å². The third-order valence-corrected chi connectivity index (χ3v) is 11.3. The van der Waals surface area contributed by atoms with Gasteiger partial charge in [-0.2, -0.15) is 0 Å². The summed E-state index contributed by atoms with van der Waals surface area (Å²) in [7, 11) is -2.09. The van der Waals surface area contributed by atoms with Gasteiger partial charge in [-0.25, -0.2) is 4.99 Å². The van der Waals surface area contributed by atoms with E-state index in [0.29, 0.717) is 17.8 Å². The molecular weight excluding hydrogens is 393 g/mol. The van der Waals surface area contributed by atoms with Crippen LogP contribution in [0.25, 0.3) is 0 Å². The molecule has 0 aromatic heterocycles. The Kier molecular flexibility index (Phi) is 5.92. The molecule has 2 nitrogen and oxygen atoms in total. The second-order valence-corrected chi connectivity index (χ2v) is 12.3. The molecule has 1 aliphatic heterocycles. The summed E-state index contributed by atoms with van der Waals surface area (Å²) in [4.78, 5) is 4.84. The second-order valence-electron chi connectivity index (χ2n) is 7.85. The van der Waals surface area contributed by atoms with Gasteiger partial charge in [-0.05, 0) is 36.4 Å². The summed E-state index contributed by atoms with van der Waals surface area (Å²) in [6.45, 7) is 4.29. The molecule has 4 heteroatoms. The average Bonchev–Trinajstić information content (AvgIpc) is 3.16. The van der Waals surface area contributed by atoms with Crippen LogP contribution in [-0.2, 0) is 0 Å². The maximum atomic E-state index is 11.6. The molecule has 0 amide bonds. The summed E-state index contributed by atoms with van der Waals surface area (Å²) in [5.41, 5.74) is -1.06. The highest BCUT2D eigenvalue weighted by molar-refractivity contribution is 8.14. The third kappa shape index (κ3) is 4.05. The quantitative estimate of drug-likeness (QED) is 0.597. The maximum Gasteiger partial charge on any atom is 0.201 e. The van der Waals surface area contributed by atoms with Gasteiger partial charge in [-0.15, -0.1) is 11.8 Å². The largest absolute Gasteiger partial charge is 0.366 e. The Hall–Kier alpha value is -1.93. The highest BCUT2D eigenvalue weighted by Gasteiger charge is 2.53. The minimum absolute atomic E-state index is 0.340. The van der Waals surface area contributed by atoms with Gasteiger partial charge < -0.3 is 5.11 Å². The highest BCUT2D eigenvalue weighted by Crippen LogP contribution is 2.58. The Labute approximate surface area is 178 Å². The van der Waals surface area contributed by atoms with Crippen molar-refractivity contribution < 1.29 is 5.11 Å². The van der Waals surface area contributed by atoms with E-state index in [9.17, 15) is 5.11 Å². The molecule has 1 aliphatic rings. The molecule has 1 heterocycles. The van der Waals surface area contributed by atoms with Crippen LogP contribution in [-0.4, -0.2) is 27.8 Å². The Bertz CT molecular complexity index is 879. The predicted molar refractivity (Wildman–Crippen MR) is 130 cm³/mol. The van der Waals surface area contributed by atoms with E-state index in [-0.39, 0.29) is 0 Å². The molecule has 29 heavy (non-hydrogen) atoms. The molecule has 1 unspecified atom stereocenters. The van der Waals surface area contributed by atoms with E-state index >= 15 is 0 Å². The van der Waals surface area contributed by atoms with E-state index in [0.717, 1.165) is 5.04 Å². The van der Waals surface area contributed by atoms with Crippen LogP contribution in [0.1, 0.15) is 13.8 Å². The smallest absolute Gasteiger partial charge is 0.201 e. The lowest BCUT2D eigenvalue weighted by atomic mass is 10.2. The van der Waals surface area contributed by atoms with Gasteiger partial charge in [0.25, 0.3) is 0 Å². The first-order valence-electron chi connectivity index (χ1n) is 10.0. The average molecular weight is 421 g/mol. The Morgan fingerprint density at radius 1 is 0.828 bits per heavy atom. The van der Waals surface area contributed by atoms with Gasteiger partial charge in [0, 0.05) is 5.92 Å². The zero-order valence-corrected chi connectivity index (χ0v) is 18.6. The van der Waals surface area contributed by atoms with Crippen LogP contribution in [0, 0.1) is 5.92 Å². The second kappa shape index (κ2) is 8.44. The molecule has 148 valence electrons. The van der Waals surface area contributed by atoms with E-state index in [1.54, 1.807) is 11.8 Å². The van der Waals surface area contributed by atoms with Crippen molar-refractivity contribution in [3.8, 4) is 0 Å². The van der Waals surface area contributed by atoms with Crippen molar-refractivity contribution in [2.75, 3.05) is 11.9 Å². The van der Waals surface area contributed by atoms with E-state index in [1.165, 1.54) is 15.9 Å². The minimum atomic E-state index is -2.09. The molecule has 0 fully saturated rings. The summed E-state index contributed by atoms with van der Waals surface area (Å²) >= 11 is 1.70. The van der Waals surface area contributed by atoms with Gasteiger partial charge in [0.2, 0.25) is 5.72 Å². The van der Waals surface area contributed by atoms with Crippen molar-refractivity contribution in [3.63, 3.8) is 0 Å². The van der Waals surface area contributed by atoms with Crippen LogP contribution >= 0.6 is 19.0 Å². The SMILES string of the molecule is CC(C)C1=NC(O)(C[P+](c2ccccc2)(c2ccccc2)c2ccccc2)CS1. The zero-order chi connectivity index (χ0) is 20.3. The van der Waals surface area contributed by atoms with Crippen LogP contribution in [0.3, 0.4) is 0 Å². The zero-order valence-electron chi connectivity index (χ0n) is 16.9. The fourth-order valence-electron chi connectivity index (χ4n) is 3.98. The van der Waals surface area contributed by atoms with E-state index in [2.05, 4.69) is 105 Å². The maximum absolute atomic E-state index is 11.6. The number of thioether (sulfide) groups is 1. The summed E-state index contributed by atoms with van der Waals surface area (Å²) in [6.07, 6.45) is 0.612. The van der Waals surface area contributed by atoms with Gasteiger partial charge >= 0.3 is 0 Å². The van der Waals surface area contributed by atoms with Crippen LogP contribution in [0.4, 0.5) is 0 Å². The summed E-state index contributed by atoms with van der Waals surface area (Å²) in [5, 5.41) is 16.5. The number of rotatable bonds is 6. The third-order valence-electron chi connectivity index (χ3n) is 5.34. The molecule has 0 radical (unpaired) electrons. The van der Waals surface area contributed by atoms with Crippen molar-refractivity contribution >= 4 is 40.0 Å². The highest BCUT2D eigenvalue weighted by atomic mass is 32.2.